The second-order valence-corrected chi connectivity index (χ2v) is 5.11. The zero-order valence-electron chi connectivity index (χ0n) is 11.1. The number of carbonyl (C=O) groups is 1. The van der Waals surface area contributed by atoms with Gasteiger partial charge in [-0.15, -0.1) is 11.3 Å². The molecule has 2 rings (SSSR count). The molecular weight excluding hydrogens is 258 g/mol. The molecule has 0 aliphatic heterocycles. The van der Waals surface area contributed by atoms with Crippen molar-refractivity contribution in [3.05, 3.63) is 51.7 Å². The number of methoxy groups -OCH3 is 1. The fourth-order valence-electron chi connectivity index (χ4n) is 1.90. The lowest BCUT2D eigenvalue weighted by molar-refractivity contribution is 0.0955. The topological polar surface area (TPSA) is 38.3 Å². The van der Waals surface area contributed by atoms with Crippen LogP contribution in [0.5, 0.6) is 5.75 Å². The van der Waals surface area contributed by atoms with Crippen molar-refractivity contribution >= 4 is 17.2 Å². The minimum Gasteiger partial charge on any atom is -0.496 e. The number of amides is 1. The number of nitrogens with one attached hydrogen (secondary N) is 1. The molecule has 2 aromatic rings. The summed E-state index contributed by atoms with van der Waals surface area (Å²) < 4.78 is 5.29. The lowest BCUT2D eigenvalue weighted by Gasteiger charge is -2.10. The Morgan fingerprint density at radius 1 is 1.37 bits per heavy atom. The van der Waals surface area contributed by atoms with E-state index in [0.29, 0.717) is 6.54 Å². The van der Waals surface area contributed by atoms with E-state index in [0.717, 1.165) is 28.2 Å². The lowest BCUT2D eigenvalue weighted by atomic mass is 10.1. The van der Waals surface area contributed by atoms with Gasteiger partial charge in [0.25, 0.3) is 5.91 Å². The summed E-state index contributed by atoms with van der Waals surface area (Å²) in [5, 5.41) is 4.82. The minimum atomic E-state index is -0.0242. The standard InChI is InChI=1S/C15H17NO2S/c1-3-12-9-11(6-7-13(12)18-2)10-16-15(17)14-5-4-8-19-14/h4-9H,3,10H2,1-2H3,(H,16,17). The summed E-state index contributed by atoms with van der Waals surface area (Å²) in [6, 6.07) is 9.71. The zero-order chi connectivity index (χ0) is 13.7. The van der Waals surface area contributed by atoms with Gasteiger partial charge in [-0.25, -0.2) is 0 Å². The number of thiophene rings is 1. The van der Waals surface area contributed by atoms with Crippen LogP contribution in [0.4, 0.5) is 0 Å². The molecular formula is C15H17NO2S. The second-order valence-electron chi connectivity index (χ2n) is 4.16. The Hall–Kier alpha value is -1.81. The molecule has 0 aliphatic rings. The average Bonchev–Trinajstić information content (AvgIpc) is 2.98. The molecule has 0 fully saturated rings. The first kappa shape index (κ1) is 13.6. The van der Waals surface area contributed by atoms with Crippen LogP contribution in [0.3, 0.4) is 0 Å². The van der Waals surface area contributed by atoms with Gasteiger partial charge in [0, 0.05) is 6.54 Å². The quantitative estimate of drug-likeness (QED) is 0.909. The Balaban J connectivity index is 2.02. The molecule has 3 nitrogen and oxygen atoms in total. The Labute approximate surface area is 117 Å². The number of carbonyl (C=O) groups excluding carboxylic acids is 1. The zero-order valence-corrected chi connectivity index (χ0v) is 11.9. The SMILES string of the molecule is CCc1cc(CNC(=O)c2cccs2)ccc1OC. The molecule has 1 N–H and O–H groups in total. The molecule has 1 aromatic carbocycles. The van der Waals surface area contributed by atoms with Crippen LogP contribution in [0.15, 0.2) is 35.7 Å². The van der Waals surface area contributed by atoms with Crippen LogP contribution in [0.1, 0.15) is 27.7 Å². The molecule has 19 heavy (non-hydrogen) atoms. The highest BCUT2D eigenvalue weighted by Gasteiger charge is 2.07. The molecule has 0 atom stereocenters. The summed E-state index contributed by atoms with van der Waals surface area (Å²) in [6.45, 7) is 2.62. The molecule has 4 heteroatoms. The molecule has 1 amide bonds. The van der Waals surface area contributed by atoms with E-state index in [1.54, 1.807) is 7.11 Å². The van der Waals surface area contributed by atoms with Crippen LogP contribution < -0.4 is 10.1 Å². The van der Waals surface area contributed by atoms with Crippen molar-refractivity contribution in [2.45, 2.75) is 19.9 Å². The van der Waals surface area contributed by atoms with Crippen LogP contribution in [0, 0.1) is 0 Å². The molecule has 0 saturated carbocycles. The monoisotopic (exact) mass is 275 g/mol. The predicted molar refractivity (Wildman–Crippen MR) is 77.9 cm³/mol. The summed E-state index contributed by atoms with van der Waals surface area (Å²) in [5.74, 6) is 0.875. The van der Waals surface area contributed by atoms with Crippen molar-refractivity contribution in [3.8, 4) is 5.75 Å². The summed E-state index contributed by atoms with van der Waals surface area (Å²) in [4.78, 5) is 12.6. The van der Waals surface area contributed by atoms with Crippen molar-refractivity contribution < 1.29 is 9.53 Å². The third-order valence-electron chi connectivity index (χ3n) is 2.92. The summed E-state index contributed by atoms with van der Waals surface area (Å²) in [7, 11) is 1.67. The van der Waals surface area contributed by atoms with Crippen molar-refractivity contribution in [2.75, 3.05) is 7.11 Å². The number of rotatable bonds is 5. The van der Waals surface area contributed by atoms with Crippen molar-refractivity contribution in [1.82, 2.24) is 5.32 Å². The normalized spacial score (nSPS) is 10.2. The maximum absolute atomic E-state index is 11.8. The van der Waals surface area contributed by atoms with Crippen LogP contribution in [0.25, 0.3) is 0 Å². The van der Waals surface area contributed by atoms with E-state index in [1.807, 2.05) is 29.6 Å². The minimum absolute atomic E-state index is 0.0242. The lowest BCUT2D eigenvalue weighted by Crippen LogP contribution is -2.21. The van der Waals surface area contributed by atoms with Gasteiger partial charge in [0.05, 0.1) is 12.0 Å². The molecule has 1 heterocycles. The van der Waals surface area contributed by atoms with E-state index in [9.17, 15) is 4.79 Å². The van der Waals surface area contributed by atoms with Gasteiger partial charge in [-0.3, -0.25) is 4.79 Å². The van der Waals surface area contributed by atoms with Crippen molar-refractivity contribution in [2.24, 2.45) is 0 Å². The highest BCUT2D eigenvalue weighted by molar-refractivity contribution is 7.12. The van der Waals surface area contributed by atoms with Crippen molar-refractivity contribution in [3.63, 3.8) is 0 Å². The van der Waals surface area contributed by atoms with Gasteiger partial charge in [-0.05, 0) is 35.1 Å². The maximum atomic E-state index is 11.8. The summed E-state index contributed by atoms with van der Waals surface area (Å²) >= 11 is 1.45. The molecule has 0 spiro atoms. The second kappa shape index (κ2) is 6.38. The highest BCUT2D eigenvalue weighted by Crippen LogP contribution is 2.20. The third kappa shape index (κ3) is 3.35. The average molecular weight is 275 g/mol. The van der Waals surface area contributed by atoms with E-state index in [1.165, 1.54) is 11.3 Å². The largest absolute Gasteiger partial charge is 0.496 e. The number of aryl methyl sites for hydroxylation is 1. The number of ether oxygens (including phenoxy) is 1. The van der Waals surface area contributed by atoms with Crippen LogP contribution >= 0.6 is 11.3 Å². The molecule has 0 bridgehead atoms. The molecule has 0 aliphatic carbocycles. The third-order valence-corrected chi connectivity index (χ3v) is 3.79. The van der Waals surface area contributed by atoms with E-state index in [-0.39, 0.29) is 5.91 Å². The van der Waals surface area contributed by atoms with Crippen LogP contribution in [0.2, 0.25) is 0 Å². The predicted octanol–water partition coefficient (Wildman–Crippen LogP) is 3.25. The van der Waals surface area contributed by atoms with E-state index >= 15 is 0 Å². The van der Waals surface area contributed by atoms with Gasteiger partial charge in [0.1, 0.15) is 5.75 Å². The van der Waals surface area contributed by atoms with E-state index < -0.39 is 0 Å². The maximum Gasteiger partial charge on any atom is 0.261 e. The Bertz CT molecular complexity index is 549. The first-order chi connectivity index (χ1) is 9.24. The highest BCUT2D eigenvalue weighted by atomic mass is 32.1. The van der Waals surface area contributed by atoms with E-state index in [2.05, 4.69) is 18.3 Å². The van der Waals surface area contributed by atoms with Gasteiger partial charge in [0.15, 0.2) is 0 Å². The first-order valence-electron chi connectivity index (χ1n) is 6.22. The van der Waals surface area contributed by atoms with Gasteiger partial charge >= 0.3 is 0 Å². The molecule has 1 aromatic heterocycles. The molecule has 0 saturated heterocycles. The summed E-state index contributed by atoms with van der Waals surface area (Å²) in [6.07, 6.45) is 0.913. The van der Waals surface area contributed by atoms with Crippen LogP contribution in [-0.4, -0.2) is 13.0 Å². The fraction of sp³-hybridized carbons (Fsp3) is 0.267. The number of hydrogen-bond acceptors (Lipinski definition) is 3. The Morgan fingerprint density at radius 3 is 2.84 bits per heavy atom. The van der Waals surface area contributed by atoms with E-state index in [4.69, 9.17) is 4.74 Å². The number of benzene rings is 1. The summed E-state index contributed by atoms with van der Waals surface area (Å²) in [5.41, 5.74) is 2.24. The molecule has 0 unspecified atom stereocenters. The smallest absolute Gasteiger partial charge is 0.261 e. The van der Waals surface area contributed by atoms with Gasteiger partial charge in [-0.1, -0.05) is 25.1 Å². The van der Waals surface area contributed by atoms with Gasteiger partial charge < -0.3 is 10.1 Å². The van der Waals surface area contributed by atoms with Gasteiger partial charge in [-0.2, -0.15) is 0 Å². The first-order valence-corrected chi connectivity index (χ1v) is 7.10. The molecule has 0 radical (unpaired) electrons. The fourth-order valence-corrected chi connectivity index (χ4v) is 2.54. The van der Waals surface area contributed by atoms with Crippen LogP contribution in [-0.2, 0) is 13.0 Å². The van der Waals surface area contributed by atoms with Crippen molar-refractivity contribution in [1.29, 1.82) is 0 Å². The van der Waals surface area contributed by atoms with Gasteiger partial charge in [0.2, 0.25) is 0 Å². The Kier molecular flexibility index (Phi) is 4.58. The molecule has 100 valence electrons. The Morgan fingerprint density at radius 2 is 2.21 bits per heavy atom. The number of hydrogen-bond donors (Lipinski definition) is 1.